The van der Waals surface area contributed by atoms with Crippen LogP contribution in [0.25, 0.3) is 0 Å². The molecule has 3 nitrogen and oxygen atoms in total. The van der Waals surface area contributed by atoms with Crippen molar-refractivity contribution >= 4 is 11.6 Å². The smallest absolute Gasteiger partial charge is 0.221 e. The molecule has 4 heteroatoms. The van der Waals surface area contributed by atoms with E-state index in [1.807, 2.05) is 44.2 Å². The molecule has 0 saturated heterocycles. The van der Waals surface area contributed by atoms with Gasteiger partial charge in [-0.1, -0.05) is 48.9 Å². The molecule has 0 fully saturated rings. The van der Waals surface area contributed by atoms with Gasteiger partial charge < -0.3 is 4.74 Å². The van der Waals surface area contributed by atoms with E-state index in [1.165, 1.54) is 6.33 Å². The normalized spacial score (nSPS) is 12.2. The predicted molar refractivity (Wildman–Crippen MR) is 71.9 cm³/mol. The number of hydrogen-bond donors (Lipinski definition) is 0. The zero-order chi connectivity index (χ0) is 13.0. The van der Waals surface area contributed by atoms with Gasteiger partial charge in [-0.25, -0.2) is 9.97 Å². The molecular formula is C14H15ClN2O. The van der Waals surface area contributed by atoms with Crippen molar-refractivity contribution in [2.24, 2.45) is 0 Å². The molecule has 1 aromatic carbocycles. The molecule has 2 rings (SSSR count). The number of ether oxygens (including phenoxy) is 1. The second kappa shape index (κ2) is 5.83. The van der Waals surface area contributed by atoms with Crippen LogP contribution in [0.2, 0.25) is 5.15 Å². The van der Waals surface area contributed by atoms with E-state index in [1.54, 1.807) is 0 Å². The maximum absolute atomic E-state index is 6.03. The Labute approximate surface area is 112 Å². The molecule has 0 aliphatic heterocycles. The Kier molecular flexibility index (Phi) is 4.15. The lowest BCUT2D eigenvalue weighted by Gasteiger charge is -2.16. The Hall–Kier alpha value is -1.61. The van der Waals surface area contributed by atoms with Gasteiger partial charge in [-0.05, 0) is 18.9 Å². The van der Waals surface area contributed by atoms with Crippen LogP contribution in [0.15, 0.2) is 36.7 Å². The average Bonchev–Trinajstić information content (AvgIpc) is 2.40. The molecule has 1 atom stereocenters. The quantitative estimate of drug-likeness (QED) is 0.786. The topological polar surface area (TPSA) is 35.0 Å². The standard InChI is InChI=1S/C14H15ClN2O/c1-3-12-13(15)16-9-17-14(12)18-10(2)11-7-5-4-6-8-11/h4-10H,3H2,1-2H3. The fraction of sp³-hybridized carbons (Fsp3) is 0.286. The van der Waals surface area contributed by atoms with Crippen LogP contribution in [0, 0.1) is 0 Å². The minimum Gasteiger partial charge on any atom is -0.469 e. The van der Waals surface area contributed by atoms with E-state index in [0.29, 0.717) is 11.0 Å². The van der Waals surface area contributed by atoms with Crippen LogP contribution in [0.1, 0.15) is 31.1 Å². The highest BCUT2D eigenvalue weighted by atomic mass is 35.5. The van der Waals surface area contributed by atoms with E-state index < -0.39 is 0 Å². The largest absolute Gasteiger partial charge is 0.469 e. The van der Waals surface area contributed by atoms with E-state index >= 15 is 0 Å². The molecule has 1 heterocycles. The summed E-state index contributed by atoms with van der Waals surface area (Å²) in [6.07, 6.45) is 2.10. The molecule has 1 unspecified atom stereocenters. The number of rotatable bonds is 4. The second-order valence-corrected chi connectivity index (χ2v) is 4.33. The summed E-state index contributed by atoms with van der Waals surface area (Å²) in [7, 11) is 0. The molecule has 0 radical (unpaired) electrons. The summed E-state index contributed by atoms with van der Waals surface area (Å²) in [6.45, 7) is 4.00. The van der Waals surface area contributed by atoms with Gasteiger partial charge >= 0.3 is 0 Å². The van der Waals surface area contributed by atoms with Gasteiger partial charge in [-0.3, -0.25) is 0 Å². The highest BCUT2D eigenvalue weighted by Gasteiger charge is 2.13. The van der Waals surface area contributed by atoms with Crippen LogP contribution in [-0.2, 0) is 6.42 Å². The van der Waals surface area contributed by atoms with Crippen LogP contribution in [0.4, 0.5) is 0 Å². The van der Waals surface area contributed by atoms with E-state index in [2.05, 4.69) is 9.97 Å². The molecule has 2 aromatic rings. The number of aromatic nitrogens is 2. The Morgan fingerprint density at radius 3 is 2.61 bits per heavy atom. The minimum atomic E-state index is -0.0672. The van der Waals surface area contributed by atoms with Gasteiger partial charge in [0.1, 0.15) is 17.6 Å². The van der Waals surface area contributed by atoms with Crippen LogP contribution in [0.5, 0.6) is 5.88 Å². The molecule has 0 aliphatic rings. The molecule has 0 bridgehead atoms. The summed E-state index contributed by atoms with van der Waals surface area (Å²) in [5, 5.41) is 0.461. The zero-order valence-corrected chi connectivity index (χ0v) is 11.2. The highest BCUT2D eigenvalue weighted by molar-refractivity contribution is 6.30. The molecule has 18 heavy (non-hydrogen) atoms. The van der Waals surface area contributed by atoms with Crippen molar-refractivity contribution < 1.29 is 4.74 Å². The van der Waals surface area contributed by atoms with Crippen LogP contribution in [-0.4, -0.2) is 9.97 Å². The zero-order valence-electron chi connectivity index (χ0n) is 10.4. The van der Waals surface area contributed by atoms with Crippen molar-refractivity contribution in [1.82, 2.24) is 9.97 Å². The highest BCUT2D eigenvalue weighted by Crippen LogP contribution is 2.26. The summed E-state index contributed by atoms with van der Waals surface area (Å²) in [5.74, 6) is 0.564. The molecule has 0 N–H and O–H groups in total. The van der Waals surface area contributed by atoms with Crippen LogP contribution in [0.3, 0.4) is 0 Å². The molecular weight excluding hydrogens is 248 g/mol. The summed E-state index contributed by atoms with van der Waals surface area (Å²) >= 11 is 6.03. The monoisotopic (exact) mass is 262 g/mol. The number of nitrogens with zero attached hydrogens (tertiary/aromatic N) is 2. The van der Waals surface area contributed by atoms with Gasteiger partial charge in [-0.15, -0.1) is 0 Å². The predicted octanol–water partition coefficient (Wildman–Crippen LogP) is 3.83. The third-order valence-corrected chi connectivity index (χ3v) is 3.09. The Morgan fingerprint density at radius 2 is 1.94 bits per heavy atom. The Balaban J connectivity index is 2.22. The maximum Gasteiger partial charge on any atom is 0.221 e. The van der Waals surface area contributed by atoms with Gasteiger partial charge in [-0.2, -0.15) is 0 Å². The Morgan fingerprint density at radius 1 is 1.22 bits per heavy atom. The number of halogens is 1. The van der Waals surface area contributed by atoms with E-state index in [0.717, 1.165) is 17.5 Å². The first-order valence-corrected chi connectivity index (χ1v) is 6.31. The lowest BCUT2D eigenvalue weighted by Crippen LogP contribution is -2.07. The van der Waals surface area contributed by atoms with Gasteiger partial charge in [0.25, 0.3) is 0 Å². The van der Waals surface area contributed by atoms with Gasteiger partial charge in [0.05, 0.1) is 5.56 Å². The van der Waals surface area contributed by atoms with E-state index in [-0.39, 0.29) is 6.10 Å². The van der Waals surface area contributed by atoms with Crippen molar-refractivity contribution in [2.75, 3.05) is 0 Å². The third kappa shape index (κ3) is 2.79. The van der Waals surface area contributed by atoms with E-state index in [9.17, 15) is 0 Å². The van der Waals surface area contributed by atoms with Gasteiger partial charge in [0.15, 0.2) is 0 Å². The number of benzene rings is 1. The first-order valence-electron chi connectivity index (χ1n) is 5.93. The van der Waals surface area contributed by atoms with Crippen LogP contribution < -0.4 is 4.74 Å². The van der Waals surface area contributed by atoms with E-state index in [4.69, 9.17) is 16.3 Å². The minimum absolute atomic E-state index is 0.0672. The maximum atomic E-state index is 6.03. The van der Waals surface area contributed by atoms with Crippen molar-refractivity contribution in [3.05, 3.63) is 52.9 Å². The van der Waals surface area contributed by atoms with Crippen LogP contribution >= 0.6 is 11.6 Å². The number of hydrogen-bond acceptors (Lipinski definition) is 3. The SMILES string of the molecule is CCc1c(Cl)ncnc1OC(C)c1ccccc1. The first kappa shape index (κ1) is 12.8. The summed E-state index contributed by atoms with van der Waals surface area (Å²) in [6, 6.07) is 10.0. The molecule has 0 aliphatic carbocycles. The van der Waals surface area contributed by atoms with Crippen molar-refractivity contribution in [2.45, 2.75) is 26.4 Å². The molecule has 0 spiro atoms. The average molecular weight is 263 g/mol. The second-order valence-electron chi connectivity index (χ2n) is 3.97. The molecule has 94 valence electrons. The van der Waals surface area contributed by atoms with Crippen molar-refractivity contribution in [3.8, 4) is 5.88 Å². The lowest BCUT2D eigenvalue weighted by molar-refractivity contribution is 0.214. The first-order chi connectivity index (χ1) is 8.72. The lowest BCUT2D eigenvalue weighted by atomic mass is 10.1. The van der Waals surface area contributed by atoms with Crippen molar-refractivity contribution in [1.29, 1.82) is 0 Å². The Bertz CT molecular complexity index is 516. The molecule has 1 aromatic heterocycles. The molecule has 0 saturated carbocycles. The summed E-state index contributed by atoms with van der Waals surface area (Å²) < 4.78 is 5.87. The van der Waals surface area contributed by atoms with Gasteiger partial charge in [0.2, 0.25) is 5.88 Å². The molecule has 0 amide bonds. The van der Waals surface area contributed by atoms with Gasteiger partial charge in [0, 0.05) is 0 Å². The summed E-state index contributed by atoms with van der Waals surface area (Å²) in [5.41, 5.74) is 1.95. The fourth-order valence-corrected chi connectivity index (χ4v) is 1.99. The third-order valence-electron chi connectivity index (χ3n) is 2.76. The summed E-state index contributed by atoms with van der Waals surface area (Å²) in [4.78, 5) is 8.12. The fourth-order valence-electron chi connectivity index (χ4n) is 1.73. The van der Waals surface area contributed by atoms with Crippen molar-refractivity contribution in [3.63, 3.8) is 0 Å².